The SMILES string of the molecule is O=C(CC1CCCN1)NCc1ncon1. The van der Waals surface area contributed by atoms with E-state index in [1.54, 1.807) is 0 Å². The third kappa shape index (κ3) is 3.02. The molecule has 6 nitrogen and oxygen atoms in total. The van der Waals surface area contributed by atoms with Crippen molar-refractivity contribution in [2.45, 2.75) is 31.8 Å². The van der Waals surface area contributed by atoms with Gasteiger partial charge in [-0.1, -0.05) is 5.16 Å². The van der Waals surface area contributed by atoms with Gasteiger partial charge in [-0.05, 0) is 19.4 Å². The fourth-order valence-electron chi connectivity index (χ4n) is 1.67. The van der Waals surface area contributed by atoms with E-state index in [4.69, 9.17) is 0 Å². The highest BCUT2D eigenvalue weighted by Gasteiger charge is 2.17. The summed E-state index contributed by atoms with van der Waals surface area (Å²) < 4.78 is 4.56. The van der Waals surface area contributed by atoms with Crippen LogP contribution in [-0.4, -0.2) is 28.6 Å². The molecule has 0 bridgehead atoms. The lowest BCUT2D eigenvalue weighted by atomic mass is 10.1. The summed E-state index contributed by atoms with van der Waals surface area (Å²) in [5.74, 6) is 0.530. The quantitative estimate of drug-likeness (QED) is 0.721. The molecular formula is C9H14N4O2. The Hall–Kier alpha value is -1.43. The molecule has 1 saturated heterocycles. The number of aromatic nitrogens is 2. The van der Waals surface area contributed by atoms with Crippen LogP contribution < -0.4 is 10.6 Å². The fraction of sp³-hybridized carbons (Fsp3) is 0.667. The van der Waals surface area contributed by atoms with E-state index < -0.39 is 0 Å². The lowest BCUT2D eigenvalue weighted by molar-refractivity contribution is -0.121. The predicted molar refractivity (Wildman–Crippen MR) is 51.8 cm³/mol. The number of rotatable bonds is 4. The Morgan fingerprint density at radius 2 is 2.67 bits per heavy atom. The number of nitrogens with one attached hydrogen (secondary N) is 2. The number of nitrogens with zero attached hydrogens (tertiary/aromatic N) is 2. The van der Waals surface area contributed by atoms with Crippen molar-refractivity contribution in [3.05, 3.63) is 12.2 Å². The molecule has 1 fully saturated rings. The number of hydrogen-bond donors (Lipinski definition) is 2. The van der Waals surface area contributed by atoms with E-state index in [1.807, 2.05) is 0 Å². The summed E-state index contributed by atoms with van der Waals surface area (Å²) in [6.07, 6.45) is 4.01. The van der Waals surface area contributed by atoms with Gasteiger partial charge < -0.3 is 15.2 Å². The molecule has 1 aliphatic rings. The van der Waals surface area contributed by atoms with Crippen LogP contribution in [0.25, 0.3) is 0 Å². The van der Waals surface area contributed by atoms with E-state index in [0.29, 0.717) is 24.8 Å². The Labute approximate surface area is 87.4 Å². The molecule has 0 aliphatic carbocycles. The van der Waals surface area contributed by atoms with Crippen molar-refractivity contribution in [1.29, 1.82) is 0 Å². The van der Waals surface area contributed by atoms with Crippen molar-refractivity contribution in [1.82, 2.24) is 20.8 Å². The molecule has 0 radical (unpaired) electrons. The zero-order valence-electron chi connectivity index (χ0n) is 8.40. The van der Waals surface area contributed by atoms with Crippen molar-refractivity contribution in [2.24, 2.45) is 0 Å². The van der Waals surface area contributed by atoms with Gasteiger partial charge in [0.1, 0.15) is 0 Å². The minimum Gasteiger partial charge on any atom is -0.349 e. The molecule has 1 aromatic heterocycles. The minimum atomic E-state index is 0.0270. The molecule has 2 rings (SSSR count). The molecule has 0 aromatic carbocycles. The van der Waals surface area contributed by atoms with Gasteiger partial charge in [0, 0.05) is 12.5 Å². The summed E-state index contributed by atoms with van der Waals surface area (Å²) in [6, 6.07) is 0.329. The van der Waals surface area contributed by atoms with Crippen LogP contribution >= 0.6 is 0 Å². The second-order valence-electron chi connectivity index (χ2n) is 3.62. The molecule has 1 aromatic rings. The Morgan fingerprint density at radius 3 is 3.33 bits per heavy atom. The Morgan fingerprint density at radius 1 is 1.73 bits per heavy atom. The fourth-order valence-corrected chi connectivity index (χ4v) is 1.67. The predicted octanol–water partition coefficient (Wildman–Crippen LogP) is -0.172. The second-order valence-corrected chi connectivity index (χ2v) is 3.62. The zero-order valence-corrected chi connectivity index (χ0v) is 8.40. The summed E-state index contributed by atoms with van der Waals surface area (Å²) in [7, 11) is 0. The highest BCUT2D eigenvalue weighted by Crippen LogP contribution is 2.08. The van der Waals surface area contributed by atoms with Gasteiger partial charge in [-0.15, -0.1) is 0 Å². The van der Waals surface area contributed by atoms with Crippen molar-refractivity contribution < 1.29 is 9.32 Å². The molecule has 1 aliphatic heterocycles. The molecular weight excluding hydrogens is 196 g/mol. The van der Waals surface area contributed by atoms with E-state index in [-0.39, 0.29) is 5.91 Å². The first kappa shape index (κ1) is 10.1. The topological polar surface area (TPSA) is 80.0 Å². The number of hydrogen-bond acceptors (Lipinski definition) is 5. The zero-order chi connectivity index (χ0) is 10.5. The molecule has 15 heavy (non-hydrogen) atoms. The van der Waals surface area contributed by atoms with Crippen molar-refractivity contribution in [3.8, 4) is 0 Å². The normalized spacial score (nSPS) is 20.4. The summed E-state index contributed by atoms with van der Waals surface area (Å²) in [5, 5.41) is 9.62. The summed E-state index contributed by atoms with van der Waals surface area (Å²) >= 11 is 0. The highest BCUT2D eigenvalue weighted by atomic mass is 16.5. The molecule has 2 heterocycles. The van der Waals surface area contributed by atoms with E-state index >= 15 is 0 Å². The van der Waals surface area contributed by atoms with Crippen molar-refractivity contribution >= 4 is 5.91 Å². The van der Waals surface area contributed by atoms with Crippen LogP contribution in [0.3, 0.4) is 0 Å². The molecule has 1 unspecified atom stereocenters. The average molecular weight is 210 g/mol. The van der Waals surface area contributed by atoms with Crippen LogP contribution in [-0.2, 0) is 11.3 Å². The van der Waals surface area contributed by atoms with Crippen LogP contribution in [0.15, 0.2) is 10.9 Å². The van der Waals surface area contributed by atoms with Crippen LogP contribution in [0.2, 0.25) is 0 Å². The smallest absolute Gasteiger partial charge is 0.221 e. The van der Waals surface area contributed by atoms with Gasteiger partial charge in [0.25, 0.3) is 0 Å². The Bertz CT molecular complexity index is 306. The van der Waals surface area contributed by atoms with Crippen molar-refractivity contribution in [3.63, 3.8) is 0 Å². The largest absolute Gasteiger partial charge is 0.349 e. The van der Waals surface area contributed by atoms with Gasteiger partial charge in [-0.2, -0.15) is 4.98 Å². The molecule has 2 N–H and O–H groups in total. The van der Waals surface area contributed by atoms with Gasteiger partial charge in [-0.3, -0.25) is 4.79 Å². The average Bonchev–Trinajstić information content (AvgIpc) is 2.86. The maximum absolute atomic E-state index is 11.5. The minimum absolute atomic E-state index is 0.0270. The second kappa shape index (κ2) is 4.88. The van der Waals surface area contributed by atoms with Gasteiger partial charge >= 0.3 is 0 Å². The Kier molecular flexibility index (Phi) is 3.29. The van der Waals surface area contributed by atoms with E-state index in [1.165, 1.54) is 6.39 Å². The first-order valence-electron chi connectivity index (χ1n) is 5.10. The maximum atomic E-state index is 11.5. The molecule has 82 valence electrons. The van der Waals surface area contributed by atoms with Crippen LogP contribution in [0.5, 0.6) is 0 Å². The van der Waals surface area contributed by atoms with Gasteiger partial charge in [0.15, 0.2) is 5.82 Å². The third-order valence-electron chi connectivity index (χ3n) is 2.44. The van der Waals surface area contributed by atoms with Crippen LogP contribution in [0, 0.1) is 0 Å². The highest BCUT2D eigenvalue weighted by molar-refractivity contribution is 5.76. The summed E-state index contributed by atoms with van der Waals surface area (Å²) in [6.45, 7) is 1.35. The van der Waals surface area contributed by atoms with Gasteiger partial charge in [0.2, 0.25) is 12.3 Å². The number of amides is 1. The molecule has 0 saturated carbocycles. The van der Waals surface area contributed by atoms with Gasteiger partial charge in [0.05, 0.1) is 6.54 Å². The van der Waals surface area contributed by atoms with Crippen LogP contribution in [0.1, 0.15) is 25.1 Å². The first-order chi connectivity index (χ1) is 7.34. The molecule has 1 atom stereocenters. The van der Waals surface area contributed by atoms with Gasteiger partial charge in [-0.25, -0.2) is 0 Å². The van der Waals surface area contributed by atoms with Crippen LogP contribution in [0.4, 0.5) is 0 Å². The number of carbonyl (C=O) groups is 1. The molecule has 6 heteroatoms. The van der Waals surface area contributed by atoms with E-state index in [2.05, 4.69) is 25.3 Å². The molecule has 1 amide bonds. The monoisotopic (exact) mass is 210 g/mol. The van der Waals surface area contributed by atoms with E-state index in [0.717, 1.165) is 19.4 Å². The lowest BCUT2D eigenvalue weighted by Crippen LogP contribution is -2.31. The summed E-state index contributed by atoms with van der Waals surface area (Å²) in [4.78, 5) is 15.3. The lowest BCUT2D eigenvalue weighted by Gasteiger charge is -2.08. The standard InChI is InChI=1S/C9H14N4O2/c14-9(4-7-2-1-3-10-7)11-5-8-12-6-15-13-8/h6-7,10H,1-5H2,(H,11,14). The summed E-state index contributed by atoms with van der Waals surface area (Å²) in [5.41, 5.74) is 0. The Balaban J connectivity index is 1.68. The van der Waals surface area contributed by atoms with E-state index in [9.17, 15) is 4.79 Å². The first-order valence-corrected chi connectivity index (χ1v) is 5.10. The number of carbonyl (C=O) groups excluding carboxylic acids is 1. The molecule has 0 spiro atoms. The maximum Gasteiger partial charge on any atom is 0.221 e. The van der Waals surface area contributed by atoms with Crippen molar-refractivity contribution in [2.75, 3.05) is 6.54 Å². The third-order valence-corrected chi connectivity index (χ3v) is 2.44.